The van der Waals surface area contributed by atoms with E-state index >= 15 is 0 Å². The summed E-state index contributed by atoms with van der Waals surface area (Å²) in [7, 11) is 0. The summed E-state index contributed by atoms with van der Waals surface area (Å²) in [6.45, 7) is 4.42. The number of hydrogen-bond donors (Lipinski definition) is 1. The number of anilines is 2. The average molecular weight is 2030 g/mol. The normalized spacial score (nSPS) is 14.1. The van der Waals surface area contributed by atoms with Crippen molar-refractivity contribution in [3.8, 4) is 102 Å². The molecule has 10 heterocycles. The van der Waals surface area contributed by atoms with E-state index < -0.39 is 11.6 Å². The number of nitrogens with one attached hydrogen (secondary N) is 1. The molecule has 36 heteroatoms. The van der Waals surface area contributed by atoms with Crippen LogP contribution in [0.4, 0.5) is 46.5 Å². The summed E-state index contributed by atoms with van der Waals surface area (Å²) in [4.78, 5) is 103. The molecule has 4 saturated heterocycles. The fourth-order valence-corrected chi connectivity index (χ4v) is 19.4. The van der Waals surface area contributed by atoms with Crippen LogP contribution < -0.4 is 10.2 Å². The molecule has 4 fully saturated rings. The van der Waals surface area contributed by atoms with Crippen LogP contribution in [0.2, 0.25) is 0 Å². The molecule has 17 aromatic rings. The van der Waals surface area contributed by atoms with Gasteiger partial charge >= 0.3 is 0 Å². The molecule has 0 atom stereocenters. The molecule has 0 unspecified atom stereocenters. The van der Waals surface area contributed by atoms with Crippen molar-refractivity contribution in [1.29, 1.82) is 0 Å². The van der Waals surface area contributed by atoms with Gasteiger partial charge in [-0.25, -0.2) is 83.8 Å². The first-order valence-electron chi connectivity index (χ1n) is 46.3. The average Bonchev–Trinajstić information content (AvgIpc) is 1.68. The number of hydrogen-bond acceptors (Lipinski definition) is 18. The predicted molar refractivity (Wildman–Crippen MR) is 533 cm³/mol. The van der Waals surface area contributed by atoms with Gasteiger partial charge in [0.1, 0.15) is 79.3 Å². The van der Waals surface area contributed by atoms with Gasteiger partial charge in [0.05, 0.1) is 14.9 Å². The molecule has 4 aliphatic heterocycles. The van der Waals surface area contributed by atoms with E-state index in [2.05, 4.69) is 83.7 Å². The number of carbonyl (C=O) groups excluding carboxylic acids is 5. The number of amides is 5. The van der Waals surface area contributed by atoms with Crippen molar-refractivity contribution in [1.82, 2.24) is 88.6 Å². The molecule has 0 spiro atoms. The molecule has 6 aromatic heterocycles. The van der Waals surface area contributed by atoms with Crippen LogP contribution in [0, 0.1) is 46.5 Å². The van der Waals surface area contributed by atoms with Gasteiger partial charge in [-0.3, -0.25) is 24.0 Å². The van der Waals surface area contributed by atoms with Crippen molar-refractivity contribution in [2.24, 2.45) is 0 Å². The number of thiazole rings is 2. The third kappa shape index (κ3) is 24.7. The summed E-state index contributed by atoms with van der Waals surface area (Å²) in [6, 6.07) is 74.8. The van der Waals surface area contributed by atoms with E-state index in [0.717, 1.165) is 69.3 Å². The molecule has 5 amide bonds. The largest absolute Gasteiger partial charge is 0.382 e. The second kappa shape index (κ2) is 45.3. The zero-order valence-electron chi connectivity index (χ0n) is 76.7. The van der Waals surface area contributed by atoms with Gasteiger partial charge in [0.25, 0.3) is 0 Å². The predicted octanol–water partition coefficient (Wildman–Crippen LogP) is 20.7. The molecular weight excluding hydrogens is 1940 g/mol. The number of nitrogens with zero attached hydrogens (tertiary/aromatic N) is 19. The zero-order valence-corrected chi connectivity index (χ0v) is 79.9. The van der Waals surface area contributed by atoms with Crippen molar-refractivity contribution in [3.63, 3.8) is 0 Å². The van der Waals surface area contributed by atoms with Crippen LogP contribution in [-0.4, -0.2) is 183 Å². The highest BCUT2D eigenvalue weighted by molar-refractivity contribution is 9.10. The number of carbonyl (C=O) groups is 5. The third-order valence-electron chi connectivity index (χ3n) is 24.8. The molecule has 0 saturated carbocycles. The Balaban J connectivity index is 0.000000126. The first-order chi connectivity index (χ1) is 69.5. The fourth-order valence-electron chi connectivity index (χ4n) is 17.1. The summed E-state index contributed by atoms with van der Waals surface area (Å²) in [5.41, 5.74) is 7.98. The number of rotatable bonds is 22. The maximum atomic E-state index is 13.6. The maximum absolute atomic E-state index is 13.6. The number of piperidine rings is 3. The van der Waals surface area contributed by atoms with Crippen LogP contribution >= 0.6 is 38.6 Å². The van der Waals surface area contributed by atoms with Crippen LogP contribution in [0.15, 0.2) is 301 Å². The Morgan fingerprint density at radius 3 is 1.01 bits per heavy atom. The summed E-state index contributed by atoms with van der Waals surface area (Å²) in [6.07, 6.45) is 8.90. The second-order valence-corrected chi connectivity index (χ2v) is 37.2. The molecule has 724 valence electrons. The van der Waals surface area contributed by atoms with E-state index in [-0.39, 0.29) is 97.2 Å². The number of aromatic nitrogens is 14. The molecule has 25 nitrogen and oxygen atoms in total. The summed E-state index contributed by atoms with van der Waals surface area (Å²) in [5, 5.41) is 25.9. The lowest BCUT2D eigenvalue weighted by Crippen LogP contribution is -2.53. The van der Waals surface area contributed by atoms with Gasteiger partial charge in [-0.1, -0.05) is 70.5 Å². The summed E-state index contributed by atoms with van der Waals surface area (Å²) < 4.78 is 115. The zero-order chi connectivity index (χ0) is 99.0. The highest BCUT2D eigenvalue weighted by Crippen LogP contribution is 2.38. The van der Waals surface area contributed by atoms with Gasteiger partial charge in [-0.15, -0.1) is 43.1 Å². The number of likely N-dealkylation sites (tertiary alicyclic amines) is 3. The summed E-state index contributed by atoms with van der Waals surface area (Å²) >= 11 is 6.79. The van der Waals surface area contributed by atoms with Crippen molar-refractivity contribution in [2.75, 3.05) is 69.1 Å². The first-order valence-corrected chi connectivity index (χ1v) is 48.8. The topological polar surface area (TPSA) is 262 Å². The lowest BCUT2D eigenvalue weighted by atomic mass is 9.97. The van der Waals surface area contributed by atoms with Crippen LogP contribution in [0.5, 0.6) is 0 Å². The van der Waals surface area contributed by atoms with E-state index in [1.165, 1.54) is 112 Å². The van der Waals surface area contributed by atoms with Gasteiger partial charge in [0.15, 0.2) is 46.6 Å². The van der Waals surface area contributed by atoms with E-state index in [0.29, 0.717) is 161 Å². The monoisotopic (exact) mass is 2030 g/mol. The molecule has 1 N–H and O–H groups in total. The van der Waals surface area contributed by atoms with Crippen LogP contribution in [0.25, 0.3) is 102 Å². The Hall–Kier alpha value is -15.7. The number of halogens is 9. The van der Waals surface area contributed by atoms with Crippen LogP contribution in [0.3, 0.4) is 0 Å². The van der Waals surface area contributed by atoms with Crippen LogP contribution in [-0.2, 0) is 50.2 Å². The van der Waals surface area contributed by atoms with Crippen molar-refractivity contribution in [3.05, 3.63) is 358 Å². The smallest absolute Gasteiger partial charge is 0.246 e. The Morgan fingerprint density at radius 2 is 0.671 bits per heavy atom. The molecule has 21 rings (SSSR count). The standard InChI is InChI=1S/C30H25F2N5OS.C27H25F2N5O.C26H20BrF2N5O2.C24H21F2N5OS/c31-24-10-6-21(7-11-24)28-34-29(22-8-12-25(32)13-9-22)37(35-28)19-27(38)36-16-14-23(15-17-36)30-33-18-26(39-30)20-4-2-1-3-5-20;28-21-10-6-19(7-11-21)26-31-27(20-8-12-22(29)13-9-20)34(32-26)18-25(35)33-16-14-24(15-17-33)30-23-4-2-1-3-5-23;27-19-2-1-3-22(14-19)33-13-12-32(15-24(33)36)23(35)16-34-26(18-6-10-21(29)11-7-18)30-25(31-34)17-4-8-20(28)9-5-17;25-19-5-1-16(2-6-19)22-28-23(17-3-7-20(26)8-4-17)31(29-22)15-21(32)30-12-9-18(10-13-30)24-27-11-14-33-24/h1-13,18,23H,14-17,19H2;1-13,24,30H,14-18H2;1-11,14H,12-13,15-16H2;1-8,11,14,18H,9-10,12-13,15H2. The summed E-state index contributed by atoms with van der Waals surface area (Å²) in [5.74, 6) is 0.299. The highest BCUT2D eigenvalue weighted by Gasteiger charge is 2.34. The third-order valence-corrected chi connectivity index (χ3v) is 27.4. The van der Waals surface area contributed by atoms with Gasteiger partial charge in [0.2, 0.25) is 29.5 Å². The van der Waals surface area contributed by atoms with E-state index in [4.69, 9.17) is 0 Å². The Kier molecular flexibility index (Phi) is 30.9. The quantitative estimate of drug-likeness (QED) is 0.0618. The van der Waals surface area contributed by atoms with E-state index in [1.54, 1.807) is 139 Å². The van der Waals surface area contributed by atoms with E-state index in [1.807, 2.05) is 105 Å². The number of piperazine rings is 1. The van der Waals surface area contributed by atoms with Gasteiger partial charge < -0.3 is 29.8 Å². The van der Waals surface area contributed by atoms with Gasteiger partial charge in [0, 0.05) is 148 Å². The Bertz CT molecular complexity index is 7240. The first kappa shape index (κ1) is 97.5. The molecule has 0 aliphatic carbocycles. The molecule has 11 aromatic carbocycles. The maximum Gasteiger partial charge on any atom is 0.246 e. The minimum atomic E-state index is -0.401. The second-order valence-electron chi connectivity index (χ2n) is 34.3. The Morgan fingerprint density at radius 1 is 0.343 bits per heavy atom. The molecule has 143 heavy (non-hydrogen) atoms. The van der Waals surface area contributed by atoms with Gasteiger partial charge in [-0.05, 0) is 269 Å². The lowest BCUT2D eigenvalue weighted by Gasteiger charge is -2.34. The lowest BCUT2D eigenvalue weighted by molar-refractivity contribution is -0.137. The van der Waals surface area contributed by atoms with Crippen molar-refractivity contribution in [2.45, 2.75) is 82.6 Å². The van der Waals surface area contributed by atoms with E-state index in [9.17, 15) is 59.1 Å². The fraction of sp³-hybridized carbons (Fsp3) is 0.206. The molecule has 0 bridgehead atoms. The number of benzene rings is 11. The molecule has 0 radical (unpaired) electrons. The van der Waals surface area contributed by atoms with Gasteiger partial charge in [-0.2, -0.15) is 0 Å². The number of para-hydroxylation sites is 1. The van der Waals surface area contributed by atoms with Crippen molar-refractivity contribution >= 4 is 79.5 Å². The minimum Gasteiger partial charge on any atom is -0.382 e. The minimum absolute atomic E-state index is 0.000971. The SMILES string of the molecule is O=C(Cn1nc(-c2ccc(F)cc2)nc1-c1ccc(F)cc1)N1CCC(Nc2ccccc2)CC1.O=C(Cn1nc(-c2ccc(F)cc2)nc1-c1ccc(F)cc1)N1CCC(c2ncc(-c3ccccc3)s2)CC1.O=C(Cn1nc(-c2ccc(F)cc2)nc1-c1ccc(F)cc1)N1CCC(c2nccs2)CC1.O=C(Cn1nc(-c2ccc(F)cc2)nc1-c1ccc(F)cc1)N1CCN(c2cccc(Br)c2)C(=O)C1. The van der Waals surface area contributed by atoms with Crippen molar-refractivity contribution < 1.29 is 59.1 Å². The molecular formula is C107H91BrF8N20O5S2. The molecule has 4 aliphatic rings. The van der Waals surface area contributed by atoms with Crippen LogP contribution in [0.1, 0.15) is 60.4 Å². The highest BCUT2D eigenvalue weighted by atomic mass is 79.9. The Labute approximate surface area is 833 Å².